The number of Topliss-reactive ketones (excluding diaryl/α,β-unsaturated/α-hetero) is 1. The van der Waals surface area contributed by atoms with Crippen molar-refractivity contribution in [2.75, 3.05) is 13.7 Å². The lowest BCUT2D eigenvalue weighted by molar-refractivity contribution is -0.307. The van der Waals surface area contributed by atoms with Crippen molar-refractivity contribution < 1.29 is 28.9 Å². The minimum atomic E-state index is -1.33. The van der Waals surface area contributed by atoms with Gasteiger partial charge in [-0.1, -0.05) is 15.9 Å². The number of hydrogen-bond donors (Lipinski definition) is 0. The number of rotatable bonds is 5. The van der Waals surface area contributed by atoms with Gasteiger partial charge < -0.3 is 24.1 Å². The summed E-state index contributed by atoms with van der Waals surface area (Å²) >= 11 is 3.38. The number of hydrogen-bond acceptors (Lipinski definition) is 6. The lowest BCUT2D eigenvalue weighted by Crippen LogP contribution is -2.28. The quantitative estimate of drug-likeness (QED) is 0.711. The van der Waals surface area contributed by atoms with Crippen LogP contribution < -0.4 is 19.3 Å². The van der Waals surface area contributed by atoms with E-state index in [2.05, 4.69) is 15.9 Å². The zero-order valence-corrected chi connectivity index (χ0v) is 14.7. The number of fused-ring (bicyclic) bond motifs is 1. The molecule has 3 rings (SSSR count). The van der Waals surface area contributed by atoms with Crippen LogP contribution in [0.1, 0.15) is 15.9 Å². The molecule has 1 heterocycles. The Bertz CT molecular complexity index is 887. The van der Waals surface area contributed by atoms with Gasteiger partial charge in [0.2, 0.25) is 5.78 Å². The van der Waals surface area contributed by atoms with Crippen molar-refractivity contribution in [2.45, 2.75) is 0 Å². The number of halogens is 1. The third kappa shape index (κ3) is 3.66. The molecule has 0 atom stereocenters. The van der Waals surface area contributed by atoms with E-state index in [-0.39, 0.29) is 17.3 Å². The standard InChI is InChI=1S/C18H13BrO6/c1-23-14-5-2-11(19)6-10(14)7-16-18(22)13-4-3-12(8-15(13)25-16)24-9-17(20)21/h2-8H,9H2,1H3,(H,20,21)/p-1/b16-7-. The Balaban J connectivity index is 1.90. The molecule has 1 aliphatic rings. The monoisotopic (exact) mass is 403 g/mol. The van der Waals surface area contributed by atoms with Crippen LogP contribution in [0.3, 0.4) is 0 Å². The van der Waals surface area contributed by atoms with Gasteiger partial charge in [-0.05, 0) is 36.4 Å². The number of ether oxygens (including phenoxy) is 3. The van der Waals surface area contributed by atoms with Gasteiger partial charge in [0.05, 0.1) is 18.6 Å². The average Bonchev–Trinajstić information content (AvgIpc) is 2.89. The highest BCUT2D eigenvalue weighted by Crippen LogP contribution is 2.36. The van der Waals surface area contributed by atoms with E-state index in [1.807, 2.05) is 6.07 Å². The van der Waals surface area contributed by atoms with Crippen LogP contribution in [0, 0.1) is 0 Å². The molecule has 128 valence electrons. The normalized spacial score (nSPS) is 14.2. The molecule has 0 unspecified atom stereocenters. The minimum absolute atomic E-state index is 0.142. The van der Waals surface area contributed by atoms with Gasteiger partial charge in [-0.3, -0.25) is 4.79 Å². The Morgan fingerprint density at radius 3 is 2.80 bits per heavy atom. The van der Waals surface area contributed by atoms with Crippen molar-refractivity contribution in [3.63, 3.8) is 0 Å². The Morgan fingerprint density at radius 2 is 2.08 bits per heavy atom. The van der Waals surface area contributed by atoms with E-state index in [1.165, 1.54) is 25.3 Å². The molecule has 0 saturated carbocycles. The van der Waals surface area contributed by atoms with Crippen molar-refractivity contribution >= 4 is 33.8 Å². The second-order valence-corrected chi connectivity index (χ2v) is 6.06. The van der Waals surface area contributed by atoms with Crippen molar-refractivity contribution in [1.29, 1.82) is 0 Å². The summed E-state index contributed by atoms with van der Waals surface area (Å²) in [6.45, 7) is -0.579. The zero-order chi connectivity index (χ0) is 18.0. The molecule has 0 aliphatic carbocycles. The van der Waals surface area contributed by atoms with Gasteiger partial charge in [0, 0.05) is 16.1 Å². The van der Waals surface area contributed by atoms with Crippen LogP contribution in [0.25, 0.3) is 6.08 Å². The third-order valence-electron chi connectivity index (χ3n) is 3.48. The molecule has 0 amide bonds. The summed E-state index contributed by atoms with van der Waals surface area (Å²) in [5, 5.41) is 10.5. The summed E-state index contributed by atoms with van der Waals surface area (Å²) in [5.41, 5.74) is 1.06. The topological polar surface area (TPSA) is 84.9 Å². The predicted octanol–water partition coefficient (Wildman–Crippen LogP) is 2.20. The van der Waals surface area contributed by atoms with E-state index in [1.54, 1.807) is 18.2 Å². The third-order valence-corrected chi connectivity index (χ3v) is 3.97. The molecular formula is C18H12BrO6-. The number of carboxylic acid groups (broad SMARTS) is 1. The molecular weight excluding hydrogens is 392 g/mol. The Morgan fingerprint density at radius 1 is 1.28 bits per heavy atom. The Kier molecular flexibility index (Phi) is 4.76. The lowest BCUT2D eigenvalue weighted by Gasteiger charge is -2.07. The summed E-state index contributed by atoms with van der Waals surface area (Å²) in [4.78, 5) is 22.9. The smallest absolute Gasteiger partial charge is 0.231 e. The largest absolute Gasteiger partial charge is 0.546 e. The first-order valence-corrected chi connectivity index (χ1v) is 8.01. The van der Waals surface area contributed by atoms with Crippen LogP contribution in [-0.4, -0.2) is 25.5 Å². The molecule has 0 fully saturated rings. The number of methoxy groups -OCH3 is 1. The number of benzene rings is 2. The van der Waals surface area contributed by atoms with E-state index >= 15 is 0 Å². The van der Waals surface area contributed by atoms with Crippen molar-refractivity contribution in [1.82, 2.24) is 0 Å². The maximum atomic E-state index is 12.5. The molecule has 0 radical (unpaired) electrons. The van der Waals surface area contributed by atoms with Crippen molar-refractivity contribution in [3.05, 3.63) is 57.8 Å². The second-order valence-electron chi connectivity index (χ2n) is 5.14. The first-order valence-electron chi connectivity index (χ1n) is 7.22. The van der Waals surface area contributed by atoms with Crippen LogP contribution in [0.2, 0.25) is 0 Å². The molecule has 0 N–H and O–H groups in total. The molecule has 0 aromatic heterocycles. The fourth-order valence-electron chi connectivity index (χ4n) is 2.36. The zero-order valence-electron chi connectivity index (χ0n) is 13.1. The van der Waals surface area contributed by atoms with Gasteiger partial charge in [0.15, 0.2) is 5.76 Å². The summed E-state index contributed by atoms with van der Waals surface area (Å²) in [5.74, 6) is -0.286. The van der Waals surface area contributed by atoms with Gasteiger partial charge in [0.25, 0.3) is 0 Å². The summed E-state index contributed by atoms with van der Waals surface area (Å²) in [6.07, 6.45) is 1.59. The molecule has 1 aliphatic heterocycles. The molecule has 0 bridgehead atoms. The fraction of sp³-hybridized carbons (Fsp3) is 0.111. The van der Waals surface area contributed by atoms with Gasteiger partial charge in [-0.2, -0.15) is 0 Å². The number of carbonyl (C=O) groups is 2. The maximum Gasteiger partial charge on any atom is 0.231 e. The van der Waals surface area contributed by atoms with Gasteiger partial charge in [-0.25, -0.2) is 0 Å². The van der Waals surface area contributed by atoms with Crippen LogP contribution in [-0.2, 0) is 4.79 Å². The number of ketones is 1. The van der Waals surface area contributed by atoms with Crippen LogP contribution in [0.15, 0.2) is 46.6 Å². The second kappa shape index (κ2) is 6.98. The first kappa shape index (κ1) is 17.0. The van der Waals surface area contributed by atoms with Gasteiger partial charge in [0.1, 0.15) is 23.9 Å². The summed E-state index contributed by atoms with van der Waals surface area (Å²) < 4.78 is 16.8. The van der Waals surface area contributed by atoms with E-state index in [0.29, 0.717) is 22.6 Å². The highest BCUT2D eigenvalue weighted by Gasteiger charge is 2.28. The SMILES string of the molecule is COc1ccc(Br)cc1/C=C1\Oc2cc(OCC(=O)[O-])ccc2C1=O. The molecule has 0 spiro atoms. The average molecular weight is 404 g/mol. The molecule has 2 aromatic rings. The lowest BCUT2D eigenvalue weighted by atomic mass is 10.1. The van der Waals surface area contributed by atoms with E-state index in [4.69, 9.17) is 14.2 Å². The van der Waals surface area contributed by atoms with Crippen LogP contribution in [0.4, 0.5) is 0 Å². The van der Waals surface area contributed by atoms with Gasteiger partial charge in [-0.15, -0.1) is 0 Å². The number of carbonyl (C=O) groups excluding carboxylic acids is 2. The fourth-order valence-corrected chi connectivity index (χ4v) is 2.74. The maximum absolute atomic E-state index is 12.5. The predicted molar refractivity (Wildman–Crippen MR) is 90.6 cm³/mol. The van der Waals surface area contributed by atoms with Crippen molar-refractivity contribution in [3.8, 4) is 17.2 Å². The summed E-state index contributed by atoms with van der Waals surface area (Å²) in [6, 6.07) is 9.91. The molecule has 2 aromatic carbocycles. The highest BCUT2D eigenvalue weighted by molar-refractivity contribution is 9.10. The molecule has 7 heteroatoms. The molecule has 25 heavy (non-hydrogen) atoms. The van der Waals surface area contributed by atoms with E-state index in [0.717, 1.165) is 4.47 Å². The van der Waals surface area contributed by atoms with E-state index in [9.17, 15) is 14.7 Å². The molecule has 0 saturated heterocycles. The summed E-state index contributed by atoms with van der Waals surface area (Å²) in [7, 11) is 1.54. The Hall–Kier alpha value is -2.80. The highest BCUT2D eigenvalue weighted by atomic mass is 79.9. The first-order chi connectivity index (χ1) is 12.0. The minimum Gasteiger partial charge on any atom is -0.546 e. The van der Waals surface area contributed by atoms with E-state index < -0.39 is 12.6 Å². The van der Waals surface area contributed by atoms with Crippen LogP contribution in [0.5, 0.6) is 17.2 Å². The van der Waals surface area contributed by atoms with Gasteiger partial charge >= 0.3 is 0 Å². The number of carboxylic acids is 1. The number of aliphatic carboxylic acids is 1. The van der Waals surface area contributed by atoms with Crippen molar-refractivity contribution in [2.24, 2.45) is 0 Å². The Labute approximate surface area is 151 Å². The molecule has 6 nitrogen and oxygen atoms in total. The number of allylic oxidation sites excluding steroid dienone is 1. The van der Waals surface area contributed by atoms with Crippen LogP contribution >= 0.6 is 15.9 Å².